The molecule has 1 N–H and O–H groups in total. The fourth-order valence-corrected chi connectivity index (χ4v) is 3.16. The van der Waals surface area contributed by atoms with Gasteiger partial charge in [0.1, 0.15) is 21.5 Å². The molecule has 0 aromatic heterocycles. The van der Waals surface area contributed by atoms with Gasteiger partial charge in [0.15, 0.2) is 11.5 Å². The SMILES string of the molecule is CC(=O)c1c(OS(=O)(=O)c2ccc(F)cc2)cc(O)c(Cl)c1Cl. The number of hydrogen-bond donors (Lipinski definition) is 1. The van der Waals surface area contributed by atoms with Gasteiger partial charge in [-0.25, -0.2) is 4.39 Å². The van der Waals surface area contributed by atoms with Crippen molar-refractivity contribution in [3.63, 3.8) is 0 Å². The quantitative estimate of drug-likeness (QED) is 0.646. The summed E-state index contributed by atoms with van der Waals surface area (Å²) >= 11 is 11.6. The summed E-state index contributed by atoms with van der Waals surface area (Å²) in [5.74, 6) is -2.26. The lowest BCUT2D eigenvalue weighted by Gasteiger charge is -2.13. The van der Waals surface area contributed by atoms with E-state index in [-0.39, 0.29) is 20.5 Å². The third-order valence-corrected chi connectivity index (χ3v) is 4.91. The molecule has 5 nitrogen and oxygen atoms in total. The molecule has 122 valence electrons. The molecule has 0 unspecified atom stereocenters. The summed E-state index contributed by atoms with van der Waals surface area (Å²) in [5.41, 5.74) is -0.292. The fraction of sp³-hybridized carbons (Fsp3) is 0.0714. The molecular formula is C14H9Cl2FO5S. The number of carbonyl (C=O) groups is 1. The largest absolute Gasteiger partial charge is 0.506 e. The minimum Gasteiger partial charge on any atom is -0.506 e. The molecular weight excluding hydrogens is 370 g/mol. The summed E-state index contributed by atoms with van der Waals surface area (Å²) in [5, 5.41) is 9.01. The Labute approximate surface area is 141 Å². The molecule has 0 aliphatic carbocycles. The van der Waals surface area contributed by atoms with Crippen LogP contribution in [0.1, 0.15) is 17.3 Å². The first-order valence-electron chi connectivity index (χ1n) is 6.05. The number of rotatable bonds is 4. The van der Waals surface area contributed by atoms with Crippen LogP contribution in [-0.4, -0.2) is 19.3 Å². The van der Waals surface area contributed by atoms with Gasteiger partial charge in [0.05, 0.1) is 10.6 Å². The molecule has 0 spiro atoms. The highest BCUT2D eigenvalue weighted by atomic mass is 35.5. The van der Waals surface area contributed by atoms with Crippen LogP contribution in [0.25, 0.3) is 0 Å². The van der Waals surface area contributed by atoms with Crippen molar-refractivity contribution in [3.05, 3.63) is 51.8 Å². The molecule has 0 aliphatic rings. The Kier molecular flexibility index (Phi) is 4.84. The highest BCUT2D eigenvalue weighted by molar-refractivity contribution is 7.87. The Balaban J connectivity index is 2.55. The number of carbonyl (C=O) groups excluding carboxylic acids is 1. The molecule has 0 saturated heterocycles. The maximum absolute atomic E-state index is 12.9. The van der Waals surface area contributed by atoms with E-state index in [2.05, 4.69) is 0 Å². The van der Waals surface area contributed by atoms with Gasteiger partial charge in [0, 0.05) is 6.07 Å². The second-order valence-electron chi connectivity index (χ2n) is 4.44. The predicted molar refractivity (Wildman–Crippen MR) is 82.3 cm³/mol. The van der Waals surface area contributed by atoms with Crippen LogP contribution in [0.5, 0.6) is 11.5 Å². The molecule has 0 amide bonds. The highest BCUT2D eigenvalue weighted by Crippen LogP contribution is 2.41. The van der Waals surface area contributed by atoms with Crippen molar-refractivity contribution in [2.75, 3.05) is 0 Å². The second-order valence-corrected chi connectivity index (χ2v) is 6.75. The van der Waals surface area contributed by atoms with Crippen LogP contribution in [0.15, 0.2) is 35.2 Å². The van der Waals surface area contributed by atoms with E-state index in [0.29, 0.717) is 0 Å². The normalized spacial score (nSPS) is 11.3. The second kappa shape index (κ2) is 6.35. The third kappa shape index (κ3) is 3.57. The summed E-state index contributed by atoms with van der Waals surface area (Å²) in [6, 6.07) is 4.74. The smallest absolute Gasteiger partial charge is 0.339 e. The van der Waals surface area contributed by atoms with Crippen molar-refractivity contribution in [2.24, 2.45) is 0 Å². The summed E-state index contributed by atoms with van der Waals surface area (Å²) in [6.07, 6.45) is 0. The molecule has 9 heteroatoms. The van der Waals surface area contributed by atoms with E-state index < -0.39 is 33.2 Å². The van der Waals surface area contributed by atoms with Gasteiger partial charge in [0.25, 0.3) is 0 Å². The van der Waals surface area contributed by atoms with Crippen LogP contribution >= 0.6 is 23.2 Å². The zero-order valence-corrected chi connectivity index (χ0v) is 13.8. The van der Waals surface area contributed by atoms with Crippen molar-refractivity contribution in [1.82, 2.24) is 0 Å². The van der Waals surface area contributed by atoms with E-state index in [0.717, 1.165) is 37.3 Å². The Morgan fingerprint density at radius 3 is 2.26 bits per heavy atom. The lowest BCUT2D eigenvalue weighted by Crippen LogP contribution is -2.12. The van der Waals surface area contributed by atoms with Gasteiger partial charge in [-0.05, 0) is 31.2 Å². The van der Waals surface area contributed by atoms with Crippen LogP contribution < -0.4 is 4.18 Å². The average molecular weight is 379 g/mol. The third-order valence-electron chi connectivity index (χ3n) is 2.81. The zero-order chi connectivity index (χ0) is 17.4. The predicted octanol–water partition coefficient (Wildman–Crippen LogP) is 3.81. The van der Waals surface area contributed by atoms with Crippen molar-refractivity contribution in [1.29, 1.82) is 0 Å². The van der Waals surface area contributed by atoms with Crippen LogP contribution in [0.2, 0.25) is 10.0 Å². The highest BCUT2D eigenvalue weighted by Gasteiger charge is 2.25. The molecule has 2 aromatic carbocycles. The van der Waals surface area contributed by atoms with Crippen LogP contribution in [0, 0.1) is 5.82 Å². The van der Waals surface area contributed by atoms with Gasteiger partial charge in [-0.3, -0.25) is 4.79 Å². The zero-order valence-electron chi connectivity index (χ0n) is 11.5. The van der Waals surface area contributed by atoms with Crippen LogP contribution in [0.3, 0.4) is 0 Å². The maximum Gasteiger partial charge on any atom is 0.339 e. The molecule has 0 aliphatic heterocycles. The van der Waals surface area contributed by atoms with E-state index in [1.54, 1.807) is 0 Å². The monoisotopic (exact) mass is 378 g/mol. The number of aromatic hydroxyl groups is 1. The minimum absolute atomic E-state index is 0.292. The number of benzene rings is 2. The van der Waals surface area contributed by atoms with E-state index >= 15 is 0 Å². The topological polar surface area (TPSA) is 80.7 Å². The first-order valence-corrected chi connectivity index (χ1v) is 8.22. The van der Waals surface area contributed by atoms with Crippen LogP contribution in [-0.2, 0) is 10.1 Å². The molecule has 0 bridgehead atoms. The fourth-order valence-electron chi connectivity index (χ4n) is 1.75. The van der Waals surface area contributed by atoms with E-state index in [1.165, 1.54) is 0 Å². The molecule has 0 fully saturated rings. The van der Waals surface area contributed by atoms with Crippen molar-refractivity contribution in [2.45, 2.75) is 11.8 Å². The van der Waals surface area contributed by atoms with E-state index in [9.17, 15) is 22.7 Å². The van der Waals surface area contributed by atoms with Crippen molar-refractivity contribution < 1.29 is 26.9 Å². The molecule has 0 radical (unpaired) electrons. The van der Waals surface area contributed by atoms with Gasteiger partial charge in [-0.1, -0.05) is 23.2 Å². The molecule has 23 heavy (non-hydrogen) atoms. The molecule has 0 atom stereocenters. The lowest BCUT2D eigenvalue weighted by atomic mass is 10.1. The summed E-state index contributed by atoms with van der Waals surface area (Å²) in [4.78, 5) is 11.3. The number of phenolic OH excluding ortho intramolecular Hbond substituents is 1. The van der Waals surface area contributed by atoms with Crippen molar-refractivity contribution in [3.8, 4) is 11.5 Å². The van der Waals surface area contributed by atoms with E-state index in [1.807, 2.05) is 0 Å². The lowest BCUT2D eigenvalue weighted by molar-refractivity contribution is 0.101. The Morgan fingerprint density at radius 2 is 1.74 bits per heavy atom. The Bertz CT molecular complexity index is 879. The van der Waals surface area contributed by atoms with Gasteiger partial charge < -0.3 is 9.29 Å². The average Bonchev–Trinajstić information content (AvgIpc) is 2.44. The number of Topliss-reactive ketones (excluding diaryl/α,β-unsaturated/α-hetero) is 1. The minimum atomic E-state index is -4.36. The maximum atomic E-state index is 12.9. The Morgan fingerprint density at radius 1 is 1.17 bits per heavy atom. The number of hydrogen-bond acceptors (Lipinski definition) is 5. The number of halogens is 3. The van der Waals surface area contributed by atoms with Gasteiger partial charge in [-0.15, -0.1) is 0 Å². The molecule has 0 heterocycles. The number of phenols is 1. The van der Waals surface area contributed by atoms with Gasteiger partial charge in [0.2, 0.25) is 0 Å². The Hall–Kier alpha value is -1.83. The van der Waals surface area contributed by atoms with Gasteiger partial charge in [-0.2, -0.15) is 8.42 Å². The first-order chi connectivity index (χ1) is 10.6. The molecule has 2 aromatic rings. The van der Waals surface area contributed by atoms with Gasteiger partial charge >= 0.3 is 10.1 Å². The molecule has 0 saturated carbocycles. The summed E-state index contributed by atoms with van der Waals surface area (Å²) in [7, 11) is -4.36. The van der Waals surface area contributed by atoms with Crippen molar-refractivity contribution >= 4 is 39.1 Å². The molecule has 2 rings (SSSR count). The first kappa shape index (κ1) is 17.5. The summed E-state index contributed by atoms with van der Waals surface area (Å²) in [6.45, 7) is 1.13. The summed E-state index contributed by atoms with van der Waals surface area (Å²) < 4.78 is 42.1. The number of ketones is 1. The standard InChI is InChI=1S/C14H9Cl2FO5S/c1-7(18)12-11(6-10(19)13(15)14(12)16)22-23(20,21)9-4-2-8(17)3-5-9/h2-6,19H,1H3. The van der Waals surface area contributed by atoms with Crippen LogP contribution in [0.4, 0.5) is 4.39 Å². The van der Waals surface area contributed by atoms with E-state index in [4.69, 9.17) is 27.4 Å².